The number of benzene rings is 1. The van der Waals surface area contributed by atoms with E-state index >= 15 is 0 Å². The van der Waals surface area contributed by atoms with Gasteiger partial charge in [0.05, 0.1) is 0 Å². The maximum Gasteiger partial charge on any atom is 0.130 e. The van der Waals surface area contributed by atoms with Gasteiger partial charge in [-0.3, -0.25) is 0 Å². The third-order valence-corrected chi connectivity index (χ3v) is 3.18. The van der Waals surface area contributed by atoms with E-state index in [-0.39, 0.29) is 11.9 Å². The minimum absolute atomic E-state index is 0.0905. The van der Waals surface area contributed by atoms with E-state index in [1.807, 2.05) is 6.07 Å². The maximum absolute atomic E-state index is 13.6. The van der Waals surface area contributed by atoms with Gasteiger partial charge < -0.3 is 10.1 Å². The molecule has 15 heavy (non-hydrogen) atoms. The van der Waals surface area contributed by atoms with Crippen LogP contribution in [-0.4, -0.2) is 19.2 Å². The van der Waals surface area contributed by atoms with Gasteiger partial charge in [0, 0.05) is 19.2 Å². The number of fused-ring (bicyclic) bond motifs is 1. The van der Waals surface area contributed by atoms with Gasteiger partial charge in [0.2, 0.25) is 0 Å². The highest BCUT2D eigenvalue weighted by molar-refractivity contribution is 5.39. The van der Waals surface area contributed by atoms with Gasteiger partial charge in [-0.2, -0.15) is 0 Å². The lowest BCUT2D eigenvalue weighted by Crippen LogP contribution is -2.50. The van der Waals surface area contributed by atoms with Crippen molar-refractivity contribution in [3.63, 3.8) is 0 Å². The first kappa shape index (κ1) is 9.16. The normalized spacial score (nSPS) is 19.8. The summed E-state index contributed by atoms with van der Waals surface area (Å²) in [6.45, 7) is 1.75. The Labute approximate surface area is 88.4 Å². The van der Waals surface area contributed by atoms with Crippen LogP contribution < -0.4 is 10.1 Å². The molecule has 1 aromatic rings. The lowest BCUT2D eigenvalue weighted by Gasteiger charge is -2.28. The van der Waals surface area contributed by atoms with Crippen molar-refractivity contribution in [2.45, 2.75) is 25.4 Å². The molecule has 0 amide bonds. The molecule has 1 fully saturated rings. The van der Waals surface area contributed by atoms with Crippen molar-refractivity contribution in [1.82, 2.24) is 5.32 Å². The van der Waals surface area contributed by atoms with Crippen molar-refractivity contribution in [3.05, 3.63) is 29.1 Å². The highest BCUT2D eigenvalue weighted by Crippen LogP contribution is 2.29. The topological polar surface area (TPSA) is 21.3 Å². The summed E-state index contributed by atoms with van der Waals surface area (Å²) in [5.74, 6) is 0.604. The Bertz CT molecular complexity index is 387. The highest BCUT2D eigenvalue weighted by atomic mass is 19.1. The van der Waals surface area contributed by atoms with Gasteiger partial charge in [-0.05, 0) is 36.5 Å². The molecule has 0 aromatic heterocycles. The van der Waals surface area contributed by atoms with Crippen LogP contribution in [0.1, 0.15) is 17.5 Å². The van der Waals surface area contributed by atoms with Crippen LogP contribution in [0.4, 0.5) is 4.39 Å². The zero-order valence-electron chi connectivity index (χ0n) is 8.55. The van der Waals surface area contributed by atoms with Crippen LogP contribution in [0.5, 0.6) is 5.75 Å². The maximum atomic E-state index is 13.6. The summed E-state index contributed by atoms with van der Waals surface area (Å²) < 4.78 is 19.3. The molecule has 0 spiro atoms. The van der Waals surface area contributed by atoms with Crippen molar-refractivity contribution in [3.8, 4) is 5.75 Å². The van der Waals surface area contributed by atoms with Crippen molar-refractivity contribution in [1.29, 1.82) is 0 Å². The molecule has 1 aromatic carbocycles. The van der Waals surface area contributed by atoms with Gasteiger partial charge in [-0.25, -0.2) is 4.39 Å². The number of nitrogens with one attached hydrogen (secondary N) is 1. The van der Waals surface area contributed by atoms with E-state index in [2.05, 4.69) is 5.32 Å². The second-order valence-electron chi connectivity index (χ2n) is 4.29. The van der Waals surface area contributed by atoms with Gasteiger partial charge in [0.15, 0.2) is 0 Å². The molecule has 0 bridgehead atoms. The first-order valence-electron chi connectivity index (χ1n) is 5.51. The fourth-order valence-corrected chi connectivity index (χ4v) is 2.23. The number of rotatable bonds is 2. The van der Waals surface area contributed by atoms with E-state index in [4.69, 9.17) is 4.74 Å². The first-order chi connectivity index (χ1) is 7.33. The second kappa shape index (κ2) is 3.49. The third-order valence-electron chi connectivity index (χ3n) is 3.18. The SMILES string of the molecule is Fc1cc(OC2CNC2)cc2c1CCC2. The molecule has 2 nitrogen and oxygen atoms in total. The summed E-state index contributed by atoms with van der Waals surface area (Å²) in [6, 6.07) is 3.53. The van der Waals surface area contributed by atoms with Crippen LogP contribution in [0.15, 0.2) is 12.1 Å². The predicted octanol–water partition coefficient (Wildman–Crippen LogP) is 1.66. The Morgan fingerprint density at radius 1 is 1.27 bits per heavy atom. The third kappa shape index (κ3) is 1.61. The summed E-state index contributed by atoms with van der Waals surface area (Å²) in [7, 11) is 0. The number of hydrogen-bond donors (Lipinski definition) is 1. The fraction of sp³-hybridized carbons (Fsp3) is 0.500. The molecule has 1 heterocycles. The molecule has 1 saturated heterocycles. The Kier molecular flexibility index (Phi) is 2.13. The van der Waals surface area contributed by atoms with Crippen molar-refractivity contribution < 1.29 is 9.13 Å². The molecule has 0 saturated carbocycles. The predicted molar refractivity (Wildman–Crippen MR) is 55.7 cm³/mol. The lowest BCUT2D eigenvalue weighted by molar-refractivity contribution is 0.141. The number of ether oxygens (including phenoxy) is 1. The Balaban J connectivity index is 1.86. The van der Waals surface area contributed by atoms with Crippen molar-refractivity contribution in [2.24, 2.45) is 0 Å². The van der Waals surface area contributed by atoms with E-state index in [0.717, 1.165) is 43.5 Å². The smallest absolute Gasteiger partial charge is 0.130 e. The largest absolute Gasteiger partial charge is 0.488 e. The lowest BCUT2D eigenvalue weighted by atomic mass is 10.1. The van der Waals surface area contributed by atoms with Gasteiger partial charge >= 0.3 is 0 Å². The van der Waals surface area contributed by atoms with Crippen LogP contribution in [-0.2, 0) is 12.8 Å². The van der Waals surface area contributed by atoms with Crippen LogP contribution in [0.2, 0.25) is 0 Å². The molecule has 2 aliphatic rings. The monoisotopic (exact) mass is 207 g/mol. The molecule has 0 atom stereocenters. The minimum Gasteiger partial charge on any atom is -0.488 e. The average Bonchev–Trinajstić information content (AvgIpc) is 2.59. The molecule has 0 unspecified atom stereocenters. The van der Waals surface area contributed by atoms with Crippen molar-refractivity contribution in [2.75, 3.05) is 13.1 Å². The minimum atomic E-state index is -0.0905. The molecule has 80 valence electrons. The van der Waals surface area contributed by atoms with Gasteiger partial charge in [-0.15, -0.1) is 0 Å². The van der Waals surface area contributed by atoms with Crippen molar-refractivity contribution >= 4 is 0 Å². The fourth-order valence-electron chi connectivity index (χ4n) is 2.23. The van der Waals surface area contributed by atoms with Gasteiger partial charge in [0.1, 0.15) is 17.7 Å². The Morgan fingerprint density at radius 2 is 2.13 bits per heavy atom. The molecule has 1 aliphatic carbocycles. The number of halogens is 1. The van der Waals surface area contributed by atoms with Crippen LogP contribution in [0, 0.1) is 5.82 Å². The average molecular weight is 207 g/mol. The summed E-state index contributed by atoms with van der Waals surface area (Å²) in [6.07, 6.45) is 3.17. The summed E-state index contributed by atoms with van der Waals surface area (Å²) >= 11 is 0. The molecule has 1 aliphatic heterocycles. The van der Waals surface area contributed by atoms with Crippen LogP contribution >= 0.6 is 0 Å². The molecular formula is C12H14FNO. The summed E-state index contributed by atoms with van der Waals surface area (Å²) in [5, 5.41) is 3.13. The summed E-state index contributed by atoms with van der Waals surface area (Å²) in [4.78, 5) is 0. The second-order valence-corrected chi connectivity index (χ2v) is 4.29. The van der Waals surface area contributed by atoms with E-state index in [0.29, 0.717) is 5.75 Å². The van der Waals surface area contributed by atoms with E-state index in [9.17, 15) is 4.39 Å². The molecule has 3 rings (SSSR count). The van der Waals surface area contributed by atoms with E-state index in [1.54, 1.807) is 0 Å². The van der Waals surface area contributed by atoms with Gasteiger partial charge in [0.25, 0.3) is 0 Å². The Morgan fingerprint density at radius 3 is 2.87 bits per heavy atom. The standard InChI is InChI=1S/C12H14FNO/c13-12-5-9(15-10-6-14-7-10)4-8-2-1-3-11(8)12/h4-5,10,14H,1-3,6-7H2. The zero-order valence-corrected chi connectivity index (χ0v) is 8.55. The Hall–Kier alpha value is -1.09. The van der Waals surface area contributed by atoms with E-state index < -0.39 is 0 Å². The first-order valence-corrected chi connectivity index (χ1v) is 5.51. The zero-order chi connectivity index (χ0) is 10.3. The quantitative estimate of drug-likeness (QED) is 0.796. The van der Waals surface area contributed by atoms with E-state index in [1.165, 1.54) is 6.07 Å². The molecule has 0 radical (unpaired) electrons. The number of hydrogen-bond acceptors (Lipinski definition) is 2. The molecule has 1 N–H and O–H groups in total. The van der Waals surface area contributed by atoms with Crippen LogP contribution in [0.3, 0.4) is 0 Å². The number of aryl methyl sites for hydroxylation is 1. The molecular weight excluding hydrogens is 193 g/mol. The summed E-state index contributed by atoms with van der Waals surface area (Å²) in [5.41, 5.74) is 2.03. The van der Waals surface area contributed by atoms with Crippen LogP contribution in [0.25, 0.3) is 0 Å². The molecule has 3 heteroatoms. The van der Waals surface area contributed by atoms with Gasteiger partial charge in [-0.1, -0.05) is 0 Å². The highest BCUT2D eigenvalue weighted by Gasteiger charge is 2.21.